The third-order valence-corrected chi connectivity index (χ3v) is 4.50. The van der Waals surface area contributed by atoms with Crippen LogP contribution in [0.2, 0.25) is 0 Å². The van der Waals surface area contributed by atoms with Gasteiger partial charge in [0.2, 0.25) is 5.91 Å². The summed E-state index contributed by atoms with van der Waals surface area (Å²) in [7, 11) is -1.38. The van der Waals surface area contributed by atoms with E-state index in [2.05, 4.69) is 20.9 Å². The highest BCUT2D eigenvalue weighted by molar-refractivity contribution is 7.90. The van der Waals surface area contributed by atoms with Gasteiger partial charge < -0.3 is 16.0 Å². The molecule has 0 fully saturated rings. The fraction of sp³-hybridized carbons (Fsp3) is 0.529. The highest BCUT2D eigenvalue weighted by Crippen LogP contribution is 1.98. The summed E-state index contributed by atoms with van der Waals surface area (Å²) in [6.45, 7) is 2.55. The van der Waals surface area contributed by atoms with Crippen molar-refractivity contribution in [3.05, 3.63) is 35.9 Å². The molecule has 0 aliphatic rings. The number of nitrogens with zero attached hydrogens (tertiary/aromatic N) is 1. The van der Waals surface area contributed by atoms with Gasteiger partial charge in [-0.1, -0.05) is 30.3 Å². The van der Waals surface area contributed by atoms with Gasteiger partial charge in [0.05, 0.1) is 12.3 Å². The van der Waals surface area contributed by atoms with E-state index in [0.29, 0.717) is 18.9 Å². The molecule has 0 saturated heterocycles. The molecule has 8 heteroatoms. The lowest BCUT2D eigenvalue weighted by Gasteiger charge is -2.17. The zero-order valence-electron chi connectivity index (χ0n) is 15.1. The average Bonchev–Trinajstić information content (AvgIpc) is 2.57. The lowest BCUT2D eigenvalue weighted by atomic mass is 10.1. The number of nitrogens with one attached hydrogen (secondary N) is 3. The molecule has 1 atom stereocenters. The molecule has 1 unspecified atom stereocenters. The lowest BCUT2D eigenvalue weighted by molar-refractivity contribution is -0.119. The van der Waals surface area contributed by atoms with Crippen LogP contribution < -0.4 is 16.0 Å². The average molecular weight is 369 g/mol. The maximum Gasteiger partial charge on any atom is 0.239 e. The molecule has 1 rings (SSSR count). The quantitative estimate of drug-likeness (QED) is 0.431. The predicted molar refractivity (Wildman–Crippen MR) is 101 cm³/mol. The summed E-state index contributed by atoms with van der Waals surface area (Å²) in [5.74, 6) is 0.458. The number of carbonyl (C=O) groups is 1. The largest absolute Gasteiger partial charge is 0.354 e. The first kappa shape index (κ1) is 21.0. The summed E-state index contributed by atoms with van der Waals surface area (Å²) in [6, 6.07) is 9.88. The van der Waals surface area contributed by atoms with E-state index in [1.165, 1.54) is 11.8 Å². The molecule has 25 heavy (non-hydrogen) atoms. The number of hydrogen-bond donors (Lipinski definition) is 3. The molecule has 1 aromatic rings. The maximum absolute atomic E-state index is 11.9. The van der Waals surface area contributed by atoms with Crippen LogP contribution in [0.5, 0.6) is 0 Å². The molecule has 0 radical (unpaired) electrons. The summed E-state index contributed by atoms with van der Waals surface area (Å²) >= 11 is 0. The zero-order chi connectivity index (χ0) is 18.7. The van der Waals surface area contributed by atoms with E-state index < -0.39 is 9.84 Å². The molecule has 0 saturated carbocycles. The second-order valence-electron chi connectivity index (χ2n) is 5.98. The van der Waals surface area contributed by atoms with Crippen molar-refractivity contribution in [1.82, 2.24) is 16.0 Å². The second kappa shape index (κ2) is 10.7. The van der Waals surface area contributed by atoms with Gasteiger partial charge in [-0.3, -0.25) is 9.79 Å². The molecule has 0 heterocycles. The van der Waals surface area contributed by atoms with Gasteiger partial charge in [0.1, 0.15) is 9.84 Å². The number of carbonyl (C=O) groups excluding carboxylic acids is 1. The van der Waals surface area contributed by atoms with Crippen molar-refractivity contribution in [2.75, 3.05) is 32.1 Å². The van der Waals surface area contributed by atoms with E-state index in [0.717, 1.165) is 6.42 Å². The Labute approximate surface area is 150 Å². The van der Waals surface area contributed by atoms with Gasteiger partial charge in [0.15, 0.2) is 5.96 Å². The van der Waals surface area contributed by atoms with E-state index in [1.54, 1.807) is 7.05 Å². The Morgan fingerprint density at radius 1 is 1.20 bits per heavy atom. The third kappa shape index (κ3) is 10.4. The van der Waals surface area contributed by atoms with Crippen LogP contribution in [0.1, 0.15) is 18.9 Å². The molecule has 0 bridgehead atoms. The Balaban J connectivity index is 2.25. The molecular formula is C17H28N4O3S. The minimum atomic E-state index is -2.99. The number of amides is 1. The first-order valence-corrected chi connectivity index (χ1v) is 10.3. The highest BCUT2D eigenvalue weighted by atomic mass is 32.2. The standard InChI is InChI=1S/C17H28N4O3S/c1-14(10-12-25(3,23)24)21-17(18-2)20-13-16(22)19-11-9-15-7-5-4-6-8-15/h4-8,14H,9-13H2,1-3H3,(H,19,22)(H2,18,20,21). The molecule has 0 aliphatic heterocycles. The first-order chi connectivity index (χ1) is 11.8. The minimum Gasteiger partial charge on any atom is -0.354 e. The molecule has 140 valence electrons. The van der Waals surface area contributed by atoms with Crippen LogP contribution in [0.4, 0.5) is 0 Å². The van der Waals surface area contributed by atoms with Crippen molar-refractivity contribution in [3.63, 3.8) is 0 Å². The van der Waals surface area contributed by atoms with Gasteiger partial charge >= 0.3 is 0 Å². The van der Waals surface area contributed by atoms with E-state index in [9.17, 15) is 13.2 Å². The second-order valence-corrected chi connectivity index (χ2v) is 8.24. The van der Waals surface area contributed by atoms with E-state index in [-0.39, 0.29) is 24.2 Å². The van der Waals surface area contributed by atoms with Crippen LogP contribution in [-0.4, -0.2) is 58.5 Å². The lowest BCUT2D eigenvalue weighted by Crippen LogP contribution is -2.46. The third-order valence-electron chi connectivity index (χ3n) is 3.52. The van der Waals surface area contributed by atoms with Gasteiger partial charge in [-0.15, -0.1) is 0 Å². The molecular weight excluding hydrogens is 340 g/mol. The van der Waals surface area contributed by atoms with Crippen molar-refractivity contribution >= 4 is 21.7 Å². The number of aliphatic imine (C=N–C) groups is 1. The van der Waals surface area contributed by atoms with Crippen molar-refractivity contribution in [3.8, 4) is 0 Å². The topological polar surface area (TPSA) is 99.7 Å². The van der Waals surface area contributed by atoms with Gasteiger partial charge in [0, 0.05) is 25.9 Å². The fourth-order valence-electron chi connectivity index (χ4n) is 2.11. The van der Waals surface area contributed by atoms with Crippen molar-refractivity contribution < 1.29 is 13.2 Å². The van der Waals surface area contributed by atoms with Gasteiger partial charge in [-0.25, -0.2) is 8.42 Å². The zero-order valence-corrected chi connectivity index (χ0v) is 15.9. The molecule has 1 aromatic carbocycles. The van der Waals surface area contributed by atoms with Crippen molar-refractivity contribution in [2.45, 2.75) is 25.8 Å². The molecule has 3 N–H and O–H groups in total. The SMILES string of the molecule is CN=C(NCC(=O)NCCc1ccccc1)NC(C)CCS(C)(=O)=O. The van der Waals surface area contributed by atoms with Crippen LogP contribution in [0.25, 0.3) is 0 Å². The maximum atomic E-state index is 11.9. The van der Waals surface area contributed by atoms with Gasteiger partial charge in [0.25, 0.3) is 0 Å². The number of hydrogen-bond acceptors (Lipinski definition) is 4. The van der Waals surface area contributed by atoms with Crippen molar-refractivity contribution in [2.24, 2.45) is 4.99 Å². The Kier molecular flexibility index (Phi) is 8.98. The smallest absolute Gasteiger partial charge is 0.239 e. The molecule has 0 spiro atoms. The van der Waals surface area contributed by atoms with Gasteiger partial charge in [-0.05, 0) is 25.3 Å². The Morgan fingerprint density at radius 2 is 1.88 bits per heavy atom. The minimum absolute atomic E-state index is 0.0675. The first-order valence-electron chi connectivity index (χ1n) is 8.25. The number of guanidine groups is 1. The molecule has 1 amide bonds. The molecule has 0 aromatic heterocycles. The summed E-state index contributed by atoms with van der Waals surface area (Å²) in [5, 5.41) is 8.84. The molecule has 7 nitrogen and oxygen atoms in total. The Morgan fingerprint density at radius 3 is 2.48 bits per heavy atom. The fourth-order valence-corrected chi connectivity index (χ4v) is 2.89. The van der Waals surface area contributed by atoms with Crippen LogP contribution in [-0.2, 0) is 21.1 Å². The normalized spacial score (nSPS) is 13.2. The summed E-state index contributed by atoms with van der Waals surface area (Å²) < 4.78 is 22.4. The number of benzene rings is 1. The van der Waals surface area contributed by atoms with E-state index in [1.807, 2.05) is 37.3 Å². The van der Waals surface area contributed by atoms with Crippen LogP contribution in [0.15, 0.2) is 35.3 Å². The number of rotatable bonds is 9. The Hall–Kier alpha value is -2.09. The highest BCUT2D eigenvalue weighted by Gasteiger charge is 2.10. The summed E-state index contributed by atoms with van der Waals surface area (Å²) in [5.41, 5.74) is 1.17. The van der Waals surface area contributed by atoms with Gasteiger partial charge in [-0.2, -0.15) is 0 Å². The van der Waals surface area contributed by atoms with E-state index in [4.69, 9.17) is 0 Å². The Bertz CT molecular complexity index is 660. The number of sulfone groups is 1. The van der Waals surface area contributed by atoms with Crippen LogP contribution >= 0.6 is 0 Å². The predicted octanol–water partition coefficient (Wildman–Crippen LogP) is 0.334. The summed E-state index contributed by atoms with van der Waals surface area (Å²) in [4.78, 5) is 15.9. The monoisotopic (exact) mass is 368 g/mol. The van der Waals surface area contributed by atoms with E-state index >= 15 is 0 Å². The van der Waals surface area contributed by atoms with Crippen molar-refractivity contribution in [1.29, 1.82) is 0 Å². The van der Waals surface area contributed by atoms with Crippen LogP contribution in [0, 0.1) is 0 Å². The van der Waals surface area contributed by atoms with Crippen LogP contribution in [0.3, 0.4) is 0 Å². The molecule has 0 aliphatic carbocycles. The summed E-state index contributed by atoms with van der Waals surface area (Å²) in [6.07, 6.45) is 2.47.